The molecule has 1 amide bonds. The molecule has 1 aliphatic rings. The van der Waals surface area contributed by atoms with Crippen LogP contribution in [0.2, 0.25) is 0 Å². The molecular weight excluding hydrogens is 288 g/mol. The van der Waals surface area contributed by atoms with Gasteiger partial charge in [0.25, 0.3) is 5.91 Å². The van der Waals surface area contributed by atoms with E-state index in [2.05, 4.69) is 0 Å². The summed E-state index contributed by atoms with van der Waals surface area (Å²) in [6, 6.07) is 6.46. The highest BCUT2D eigenvalue weighted by Gasteiger charge is 2.27. The molecular formula is C15H22N2O3S. The molecule has 1 aromatic rings. The lowest BCUT2D eigenvalue weighted by Gasteiger charge is -2.28. The smallest absolute Gasteiger partial charge is 0.254 e. The van der Waals surface area contributed by atoms with Crippen LogP contribution in [0.1, 0.15) is 36.0 Å². The van der Waals surface area contributed by atoms with Gasteiger partial charge >= 0.3 is 0 Å². The summed E-state index contributed by atoms with van der Waals surface area (Å²) < 4.78 is 23.2. The monoisotopic (exact) mass is 310 g/mol. The van der Waals surface area contributed by atoms with Crippen molar-refractivity contribution in [1.29, 1.82) is 0 Å². The van der Waals surface area contributed by atoms with Gasteiger partial charge < -0.3 is 10.6 Å². The van der Waals surface area contributed by atoms with Crippen molar-refractivity contribution in [2.45, 2.75) is 36.6 Å². The van der Waals surface area contributed by atoms with Crippen molar-refractivity contribution in [1.82, 2.24) is 4.90 Å². The fourth-order valence-electron chi connectivity index (χ4n) is 2.83. The molecule has 1 aliphatic carbocycles. The predicted octanol–water partition coefficient (Wildman–Crippen LogP) is 1.43. The van der Waals surface area contributed by atoms with Crippen LogP contribution in [0.25, 0.3) is 0 Å². The topological polar surface area (TPSA) is 80.5 Å². The second kappa shape index (κ2) is 6.58. The zero-order valence-electron chi connectivity index (χ0n) is 12.3. The lowest BCUT2D eigenvalue weighted by Crippen LogP contribution is -2.42. The maximum atomic E-state index is 12.7. The third kappa shape index (κ3) is 3.83. The lowest BCUT2D eigenvalue weighted by molar-refractivity contribution is 0.0688. The first-order valence-corrected chi connectivity index (χ1v) is 9.14. The largest absolute Gasteiger partial charge is 0.334 e. The third-order valence-electron chi connectivity index (χ3n) is 3.91. The van der Waals surface area contributed by atoms with E-state index < -0.39 is 9.84 Å². The second-order valence-electron chi connectivity index (χ2n) is 5.53. The van der Waals surface area contributed by atoms with Crippen molar-refractivity contribution in [2.75, 3.05) is 19.3 Å². The van der Waals surface area contributed by atoms with Crippen molar-refractivity contribution in [3.8, 4) is 0 Å². The molecule has 0 aliphatic heterocycles. The summed E-state index contributed by atoms with van der Waals surface area (Å²) in [6.45, 7) is 0.917. The molecule has 0 spiro atoms. The number of sulfone groups is 1. The molecule has 0 saturated heterocycles. The van der Waals surface area contributed by atoms with Crippen molar-refractivity contribution in [2.24, 2.45) is 5.73 Å². The van der Waals surface area contributed by atoms with E-state index in [-0.39, 0.29) is 16.8 Å². The molecule has 0 atom stereocenters. The highest BCUT2D eigenvalue weighted by molar-refractivity contribution is 7.90. The zero-order valence-corrected chi connectivity index (χ0v) is 13.1. The van der Waals surface area contributed by atoms with E-state index in [1.807, 2.05) is 0 Å². The molecule has 1 fully saturated rings. The molecule has 21 heavy (non-hydrogen) atoms. The summed E-state index contributed by atoms with van der Waals surface area (Å²) in [5.74, 6) is -0.127. The summed E-state index contributed by atoms with van der Waals surface area (Å²) in [5, 5.41) is 0. The first-order valence-electron chi connectivity index (χ1n) is 7.24. The van der Waals surface area contributed by atoms with Crippen LogP contribution >= 0.6 is 0 Å². The average Bonchev–Trinajstić information content (AvgIpc) is 2.97. The molecule has 1 saturated carbocycles. The van der Waals surface area contributed by atoms with Crippen LogP contribution in [-0.2, 0) is 9.84 Å². The van der Waals surface area contributed by atoms with E-state index in [4.69, 9.17) is 5.73 Å². The first-order chi connectivity index (χ1) is 9.93. The minimum absolute atomic E-state index is 0.127. The maximum Gasteiger partial charge on any atom is 0.254 e. The summed E-state index contributed by atoms with van der Waals surface area (Å²) in [4.78, 5) is 14.7. The van der Waals surface area contributed by atoms with Crippen LogP contribution in [0, 0.1) is 0 Å². The molecule has 0 radical (unpaired) electrons. The minimum atomic E-state index is -3.31. The summed E-state index contributed by atoms with van der Waals surface area (Å²) in [5.41, 5.74) is 6.04. The SMILES string of the molecule is CS(=O)(=O)c1cccc(C(=O)N(CCN)C2CCCC2)c1. The molecule has 2 N–H and O–H groups in total. The van der Waals surface area contributed by atoms with Gasteiger partial charge in [-0.2, -0.15) is 0 Å². The Morgan fingerprint density at radius 2 is 2.00 bits per heavy atom. The van der Waals surface area contributed by atoms with E-state index in [0.717, 1.165) is 31.9 Å². The number of hydrogen-bond acceptors (Lipinski definition) is 4. The predicted molar refractivity (Wildman–Crippen MR) is 81.9 cm³/mol. The molecule has 0 heterocycles. The normalized spacial score (nSPS) is 16.1. The van der Waals surface area contributed by atoms with Crippen molar-refractivity contribution in [3.05, 3.63) is 29.8 Å². The summed E-state index contributed by atoms with van der Waals surface area (Å²) in [7, 11) is -3.31. The van der Waals surface area contributed by atoms with Crippen molar-refractivity contribution in [3.63, 3.8) is 0 Å². The van der Waals surface area contributed by atoms with Crippen LogP contribution in [0.4, 0.5) is 0 Å². The number of carbonyl (C=O) groups excluding carboxylic acids is 1. The van der Waals surface area contributed by atoms with Crippen molar-refractivity contribution < 1.29 is 13.2 Å². The Morgan fingerprint density at radius 3 is 2.57 bits per heavy atom. The molecule has 5 nitrogen and oxygen atoms in total. The molecule has 1 aromatic carbocycles. The van der Waals surface area contributed by atoms with Gasteiger partial charge in [-0.05, 0) is 31.0 Å². The van der Waals surface area contributed by atoms with E-state index in [1.165, 1.54) is 12.1 Å². The van der Waals surface area contributed by atoms with Crippen LogP contribution < -0.4 is 5.73 Å². The van der Waals surface area contributed by atoms with E-state index in [1.54, 1.807) is 17.0 Å². The van der Waals surface area contributed by atoms with Gasteiger partial charge in [-0.25, -0.2) is 8.42 Å². The highest BCUT2D eigenvalue weighted by Crippen LogP contribution is 2.25. The van der Waals surface area contributed by atoms with Crippen LogP contribution in [0.5, 0.6) is 0 Å². The number of nitrogens with two attached hydrogens (primary N) is 1. The summed E-state index contributed by atoms with van der Waals surface area (Å²) in [6.07, 6.45) is 5.39. The Kier molecular flexibility index (Phi) is 5.00. The molecule has 116 valence electrons. The van der Waals surface area contributed by atoms with E-state index in [9.17, 15) is 13.2 Å². The standard InChI is InChI=1S/C15H22N2O3S/c1-21(19,20)14-8-4-5-12(11-14)15(18)17(10-9-16)13-6-2-3-7-13/h4-5,8,11,13H,2-3,6-7,9-10,16H2,1H3. The number of benzene rings is 1. The quantitative estimate of drug-likeness (QED) is 0.892. The summed E-state index contributed by atoms with van der Waals surface area (Å²) >= 11 is 0. The van der Waals surface area contributed by atoms with Gasteiger partial charge in [-0.1, -0.05) is 18.9 Å². The third-order valence-corrected chi connectivity index (χ3v) is 5.02. The number of rotatable bonds is 5. The number of amides is 1. The first kappa shape index (κ1) is 16.0. The van der Waals surface area contributed by atoms with Crippen LogP contribution in [-0.4, -0.2) is 44.6 Å². The Bertz CT molecular complexity index is 607. The van der Waals surface area contributed by atoms with Crippen LogP contribution in [0.3, 0.4) is 0 Å². The second-order valence-corrected chi connectivity index (χ2v) is 7.54. The van der Waals surface area contributed by atoms with Crippen molar-refractivity contribution >= 4 is 15.7 Å². The zero-order chi connectivity index (χ0) is 15.5. The maximum absolute atomic E-state index is 12.7. The fraction of sp³-hybridized carbons (Fsp3) is 0.533. The molecule has 0 unspecified atom stereocenters. The highest BCUT2D eigenvalue weighted by atomic mass is 32.2. The van der Waals surface area contributed by atoms with Gasteiger partial charge in [-0.3, -0.25) is 4.79 Å². The van der Waals surface area contributed by atoms with Gasteiger partial charge in [0, 0.05) is 31.0 Å². The lowest BCUT2D eigenvalue weighted by atomic mass is 10.1. The minimum Gasteiger partial charge on any atom is -0.334 e. The molecule has 6 heteroatoms. The van der Waals surface area contributed by atoms with Gasteiger partial charge in [0.2, 0.25) is 0 Å². The Morgan fingerprint density at radius 1 is 1.33 bits per heavy atom. The molecule has 0 aromatic heterocycles. The Balaban J connectivity index is 2.28. The Hall–Kier alpha value is -1.40. The fourth-order valence-corrected chi connectivity index (χ4v) is 3.50. The van der Waals surface area contributed by atoms with Gasteiger partial charge in [0.15, 0.2) is 9.84 Å². The number of carbonyl (C=O) groups is 1. The number of nitrogens with zero attached hydrogens (tertiary/aromatic N) is 1. The van der Waals surface area contributed by atoms with Crippen LogP contribution in [0.15, 0.2) is 29.2 Å². The van der Waals surface area contributed by atoms with Gasteiger partial charge in [-0.15, -0.1) is 0 Å². The van der Waals surface area contributed by atoms with Gasteiger partial charge in [0.1, 0.15) is 0 Å². The van der Waals surface area contributed by atoms with Gasteiger partial charge in [0.05, 0.1) is 4.90 Å². The molecule has 0 bridgehead atoms. The number of hydrogen-bond donors (Lipinski definition) is 1. The molecule has 2 rings (SSSR count). The van der Waals surface area contributed by atoms with E-state index >= 15 is 0 Å². The van der Waals surface area contributed by atoms with E-state index in [0.29, 0.717) is 18.7 Å². The average molecular weight is 310 g/mol. The Labute approximate surface area is 126 Å².